The van der Waals surface area contributed by atoms with E-state index in [1.165, 1.54) is 6.92 Å². The van der Waals surface area contributed by atoms with Crippen molar-refractivity contribution in [1.29, 1.82) is 0 Å². The van der Waals surface area contributed by atoms with Crippen LogP contribution in [0, 0.1) is 0 Å². The second kappa shape index (κ2) is 7.89. The van der Waals surface area contributed by atoms with Crippen molar-refractivity contribution in [2.45, 2.75) is 49.3 Å². The van der Waals surface area contributed by atoms with Crippen molar-refractivity contribution in [3.05, 3.63) is 29.8 Å². The molecule has 1 aromatic carbocycles. The number of carbonyl (C=O) groups excluding carboxylic acids is 1. The van der Waals surface area contributed by atoms with Crippen LogP contribution < -0.4 is 10.6 Å². The van der Waals surface area contributed by atoms with Crippen LogP contribution in [0.4, 0.5) is 0 Å². The van der Waals surface area contributed by atoms with E-state index in [-0.39, 0.29) is 22.0 Å². The Bertz CT molecular complexity index is 885. The third-order valence-corrected chi connectivity index (χ3v) is 8.82. The van der Waals surface area contributed by atoms with Gasteiger partial charge in [0.05, 0.1) is 21.7 Å². The zero-order chi connectivity index (χ0) is 20.5. The number of carbonyl (C=O) groups is 1. The molecular weight excluding hydrogens is 388 g/mol. The second-order valence-electron chi connectivity index (χ2n) is 7.98. The number of hydrogen-bond acceptors (Lipinski definition) is 6. The van der Waals surface area contributed by atoms with Gasteiger partial charge in [-0.2, -0.15) is 0 Å². The van der Waals surface area contributed by atoms with Crippen molar-refractivity contribution in [3.63, 3.8) is 0 Å². The van der Waals surface area contributed by atoms with Crippen molar-refractivity contribution in [1.82, 2.24) is 10.6 Å². The molecule has 0 bridgehead atoms. The maximum atomic E-state index is 13.1. The van der Waals surface area contributed by atoms with E-state index in [0.29, 0.717) is 13.1 Å². The third-order valence-electron chi connectivity index (χ3n) is 4.65. The van der Waals surface area contributed by atoms with Gasteiger partial charge >= 0.3 is 0 Å². The highest BCUT2D eigenvalue weighted by Gasteiger charge is 2.45. The summed E-state index contributed by atoms with van der Waals surface area (Å²) in [5.74, 6) is -0.815. The minimum Gasteiger partial charge on any atom is -0.355 e. The summed E-state index contributed by atoms with van der Waals surface area (Å²) in [4.78, 5) is 11.0. The summed E-state index contributed by atoms with van der Waals surface area (Å²) in [5, 5.41) is 4.54. The van der Waals surface area contributed by atoms with Crippen molar-refractivity contribution in [2.24, 2.45) is 0 Å². The normalized spacial score (nSPS) is 22.5. The first-order chi connectivity index (χ1) is 12.3. The van der Waals surface area contributed by atoms with Crippen molar-refractivity contribution in [2.75, 3.05) is 24.6 Å². The van der Waals surface area contributed by atoms with Crippen LogP contribution in [0.25, 0.3) is 0 Å². The van der Waals surface area contributed by atoms with Gasteiger partial charge in [-0.05, 0) is 23.1 Å². The van der Waals surface area contributed by atoms with E-state index in [1.807, 2.05) is 20.8 Å². The van der Waals surface area contributed by atoms with Gasteiger partial charge in [0.2, 0.25) is 5.91 Å². The largest absolute Gasteiger partial charge is 0.355 e. The molecule has 2 rings (SSSR count). The van der Waals surface area contributed by atoms with E-state index in [1.54, 1.807) is 24.3 Å². The van der Waals surface area contributed by atoms with Crippen LogP contribution in [0.3, 0.4) is 0 Å². The molecule has 0 aliphatic carbocycles. The zero-order valence-corrected chi connectivity index (χ0v) is 17.8. The van der Waals surface area contributed by atoms with Crippen LogP contribution in [0.15, 0.2) is 29.2 Å². The van der Waals surface area contributed by atoms with Crippen LogP contribution in [0.2, 0.25) is 0 Å². The van der Waals surface area contributed by atoms with Gasteiger partial charge in [-0.3, -0.25) is 4.79 Å². The fourth-order valence-electron chi connectivity index (χ4n) is 3.13. The number of rotatable bonds is 6. The predicted octanol–water partition coefficient (Wildman–Crippen LogP) is 0.649. The highest BCUT2D eigenvalue weighted by atomic mass is 32.2. The van der Waals surface area contributed by atoms with E-state index < -0.39 is 36.7 Å². The first-order valence-corrected chi connectivity index (χ1v) is 12.2. The topological polar surface area (TPSA) is 109 Å². The first-order valence-electron chi connectivity index (χ1n) is 8.85. The van der Waals surface area contributed by atoms with Crippen LogP contribution in [-0.2, 0) is 29.9 Å². The molecule has 7 nitrogen and oxygen atoms in total. The number of amides is 1. The molecule has 152 valence electrons. The van der Waals surface area contributed by atoms with Gasteiger partial charge in [0.1, 0.15) is 0 Å². The molecule has 1 aliphatic rings. The molecule has 9 heteroatoms. The van der Waals surface area contributed by atoms with Crippen molar-refractivity contribution in [3.8, 4) is 0 Å². The van der Waals surface area contributed by atoms with E-state index >= 15 is 0 Å². The fraction of sp³-hybridized carbons (Fsp3) is 0.611. The quantitative estimate of drug-likeness (QED) is 0.659. The van der Waals surface area contributed by atoms with E-state index in [4.69, 9.17) is 0 Å². The Hall–Kier alpha value is -1.45. The molecule has 0 unspecified atom stereocenters. The maximum Gasteiger partial charge on any atom is 0.216 e. The molecule has 1 heterocycles. The molecule has 27 heavy (non-hydrogen) atoms. The predicted molar refractivity (Wildman–Crippen MR) is 105 cm³/mol. The molecule has 1 amide bonds. The van der Waals surface area contributed by atoms with Gasteiger partial charge in [-0.25, -0.2) is 16.8 Å². The number of hydrogen-bond donors (Lipinski definition) is 2. The van der Waals surface area contributed by atoms with Gasteiger partial charge in [0, 0.05) is 26.1 Å². The molecule has 2 atom stereocenters. The van der Waals surface area contributed by atoms with Crippen LogP contribution in [0.1, 0.15) is 33.3 Å². The Morgan fingerprint density at radius 2 is 1.70 bits per heavy atom. The minimum atomic E-state index is -3.80. The highest BCUT2D eigenvalue weighted by molar-refractivity contribution is 7.96. The Balaban J connectivity index is 2.22. The smallest absolute Gasteiger partial charge is 0.216 e. The van der Waals surface area contributed by atoms with Crippen LogP contribution in [-0.4, -0.2) is 58.6 Å². The standard InChI is InChI=1S/C18H28N2O5S2/c1-13(21)19-9-10-20-16-11-26(22,23)12-17(16)27(24,25)15-7-5-14(6-8-15)18(2,3)4/h5-8,16-17,20H,9-12H2,1-4H3,(H,19,21)/t16-,17-/m0/s1. The summed E-state index contributed by atoms with van der Waals surface area (Å²) < 4.78 is 50.3. The Morgan fingerprint density at radius 3 is 2.22 bits per heavy atom. The summed E-state index contributed by atoms with van der Waals surface area (Å²) in [7, 11) is -7.25. The lowest BCUT2D eigenvalue weighted by molar-refractivity contribution is -0.118. The summed E-state index contributed by atoms with van der Waals surface area (Å²) in [6, 6.07) is 5.95. The van der Waals surface area contributed by atoms with E-state index in [2.05, 4.69) is 10.6 Å². The van der Waals surface area contributed by atoms with E-state index in [9.17, 15) is 21.6 Å². The average Bonchev–Trinajstić information content (AvgIpc) is 2.86. The van der Waals surface area contributed by atoms with Gasteiger partial charge in [-0.15, -0.1) is 0 Å². The van der Waals surface area contributed by atoms with Crippen LogP contribution in [0.5, 0.6) is 0 Å². The molecule has 1 aliphatic heterocycles. The molecule has 0 radical (unpaired) electrons. The molecule has 1 saturated heterocycles. The molecule has 0 saturated carbocycles. The number of nitrogens with one attached hydrogen (secondary N) is 2. The molecular formula is C18H28N2O5S2. The first kappa shape index (κ1) is 21.8. The second-order valence-corrected chi connectivity index (χ2v) is 12.3. The highest BCUT2D eigenvalue weighted by Crippen LogP contribution is 2.28. The summed E-state index contributed by atoms with van der Waals surface area (Å²) in [5.41, 5.74) is 0.901. The molecule has 1 fully saturated rings. The third kappa shape index (κ3) is 5.52. The average molecular weight is 417 g/mol. The monoisotopic (exact) mass is 416 g/mol. The fourth-order valence-corrected chi connectivity index (χ4v) is 7.84. The van der Waals surface area contributed by atoms with Gasteiger partial charge in [0.25, 0.3) is 0 Å². The van der Waals surface area contributed by atoms with Crippen molar-refractivity contribution >= 4 is 25.6 Å². The van der Waals surface area contributed by atoms with Gasteiger partial charge in [-0.1, -0.05) is 32.9 Å². The van der Waals surface area contributed by atoms with Crippen LogP contribution >= 0.6 is 0 Å². The molecule has 0 aromatic heterocycles. The van der Waals surface area contributed by atoms with Gasteiger partial charge in [0.15, 0.2) is 19.7 Å². The molecule has 2 N–H and O–H groups in total. The number of benzene rings is 1. The Kier molecular flexibility index (Phi) is 6.38. The molecule has 1 aromatic rings. The number of sulfone groups is 2. The lowest BCUT2D eigenvalue weighted by atomic mass is 9.87. The lowest BCUT2D eigenvalue weighted by Gasteiger charge is -2.22. The Morgan fingerprint density at radius 1 is 1.11 bits per heavy atom. The summed E-state index contributed by atoms with van der Waals surface area (Å²) in [6.45, 7) is 8.10. The Labute approximate surface area is 161 Å². The van der Waals surface area contributed by atoms with E-state index in [0.717, 1.165) is 5.56 Å². The van der Waals surface area contributed by atoms with Crippen molar-refractivity contribution < 1.29 is 21.6 Å². The lowest BCUT2D eigenvalue weighted by Crippen LogP contribution is -2.45. The molecule has 0 spiro atoms. The summed E-state index contributed by atoms with van der Waals surface area (Å²) in [6.07, 6.45) is 0. The zero-order valence-electron chi connectivity index (χ0n) is 16.2. The SMILES string of the molecule is CC(=O)NCCN[C@H]1CS(=O)(=O)C[C@@H]1S(=O)(=O)c1ccc(C(C)(C)C)cc1. The summed E-state index contributed by atoms with van der Waals surface area (Å²) >= 11 is 0. The minimum absolute atomic E-state index is 0.104. The maximum absolute atomic E-state index is 13.1. The van der Waals surface area contributed by atoms with Gasteiger partial charge < -0.3 is 10.6 Å².